The van der Waals surface area contributed by atoms with Crippen LogP contribution in [0.25, 0.3) is 63.9 Å². The molecule has 2 aromatic heterocycles. The zero-order chi connectivity index (χ0) is 34.4. The Balaban J connectivity index is 1.24. The molecule has 0 N–H and O–H groups in total. The maximum atomic E-state index is 9.52. The summed E-state index contributed by atoms with van der Waals surface area (Å²) in [4.78, 5) is 14.9. The van der Waals surface area contributed by atoms with Crippen LogP contribution >= 0.6 is 11.3 Å². The summed E-state index contributed by atoms with van der Waals surface area (Å²) in [5.74, 6) is 0.120. The highest BCUT2D eigenvalue weighted by Gasteiger charge is 2.37. The van der Waals surface area contributed by atoms with E-state index in [0.717, 1.165) is 17.1 Å². The van der Waals surface area contributed by atoms with Gasteiger partial charge < -0.3 is 4.90 Å². The first kappa shape index (κ1) is 29.3. The van der Waals surface area contributed by atoms with Gasteiger partial charge in [0.15, 0.2) is 5.82 Å². The fourth-order valence-electron chi connectivity index (χ4n) is 8.03. The van der Waals surface area contributed by atoms with Crippen LogP contribution in [0.1, 0.15) is 36.6 Å². The number of fused-ring (bicyclic) bond motifs is 11. The molecule has 7 aromatic carbocycles. The molecular formula is C44H26N6S. The van der Waals surface area contributed by atoms with Crippen LogP contribution in [0.15, 0.2) is 121 Å². The first-order valence-corrected chi connectivity index (χ1v) is 17.5. The van der Waals surface area contributed by atoms with Crippen molar-refractivity contribution in [3.05, 3.63) is 144 Å². The van der Waals surface area contributed by atoms with Gasteiger partial charge in [-0.2, -0.15) is 25.5 Å². The van der Waals surface area contributed by atoms with Crippen molar-refractivity contribution in [2.75, 3.05) is 4.90 Å². The van der Waals surface area contributed by atoms with Gasteiger partial charge in [-0.3, -0.25) is 0 Å². The van der Waals surface area contributed by atoms with Crippen LogP contribution in [0, 0.1) is 22.7 Å². The normalized spacial score (nSPS) is 13.4. The molecular weight excluding hydrogens is 645 g/mol. The monoisotopic (exact) mass is 670 g/mol. The van der Waals surface area contributed by atoms with Gasteiger partial charge in [0.2, 0.25) is 11.6 Å². The van der Waals surface area contributed by atoms with Crippen LogP contribution < -0.4 is 4.90 Å². The molecule has 0 aliphatic carbocycles. The fraction of sp³-hybridized carbons (Fsp3) is 0.0682. The van der Waals surface area contributed by atoms with E-state index in [0.29, 0.717) is 5.56 Å². The first-order valence-electron chi connectivity index (χ1n) is 16.7. The zero-order valence-corrected chi connectivity index (χ0v) is 28.5. The minimum absolute atomic E-state index is 0.0850. The van der Waals surface area contributed by atoms with Crippen molar-refractivity contribution in [2.45, 2.75) is 19.3 Å². The van der Waals surface area contributed by atoms with Crippen LogP contribution in [-0.2, 0) is 5.41 Å². The van der Waals surface area contributed by atoms with E-state index in [1.807, 2.05) is 41.7 Å². The molecule has 0 fully saturated rings. The minimum Gasteiger partial charge on any atom is -0.310 e. The summed E-state index contributed by atoms with van der Waals surface area (Å²) in [6.45, 7) is 4.62. The molecule has 0 bridgehead atoms. The van der Waals surface area contributed by atoms with E-state index >= 15 is 0 Å². The fourth-order valence-corrected chi connectivity index (χ4v) is 9.18. The molecule has 1 aliphatic rings. The van der Waals surface area contributed by atoms with Crippen molar-refractivity contribution < 1.29 is 0 Å². The number of nitriles is 2. The molecule has 0 spiro atoms. The maximum Gasteiger partial charge on any atom is 0.236 e. The molecule has 0 amide bonds. The Morgan fingerprint density at radius 3 is 1.80 bits per heavy atom. The molecule has 3 heterocycles. The van der Waals surface area contributed by atoms with E-state index in [-0.39, 0.29) is 22.9 Å². The number of hydrogen-bond acceptors (Lipinski definition) is 7. The molecule has 1 aliphatic heterocycles. The molecule has 9 aromatic rings. The molecule has 0 unspecified atom stereocenters. The number of nitrogens with zero attached hydrogens (tertiary/aromatic N) is 6. The van der Waals surface area contributed by atoms with Crippen molar-refractivity contribution in [1.29, 1.82) is 10.5 Å². The molecule has 10 rings (SSSR count). The SMILES string of the molecule is CC1(C)c2ccccc2N(c2cccc(-c3nc(C#N)nc(C#N)n3)c2)c2cc3sc4cc5c6ccccc6c6ccccc6c5cc4c3cc21. The van der Waals surface area contributed by atoms with Gasteiger partial charge in [0, 0.05) is 36.8 Å². The molecule has 6 nitrogen and oxygen atoms in total. The van der Waals surface area contributed by atoms with Crippen molar-refractivity contribution >= 4 is 80.9 Å². The van der Waals surface area contributed by atoms with Gasteiger partial charge in [0.1, 0.15) is 12.1 Å². The number of anilines is 3. The molecule has 0 radical (unpaired) electrons. The lowest BCUT2D eigenvalue weighted by Crippen LogP contribution is -2.30. The van der Waals surface area contributed by atoms with E-state index in [1.54, 1.807) is 0 Å². The van der Waals surface area contributed by atoms with Crippen LogP contribution in [0.4, 0.5) is 17.1 Å². The van der Waals surface area contributed by atoms with E-state index in [1.165, 1.54) is 63.6 Å². The number of rotatable bonds is 2. The lowest BCUT2D eigenvalue weighted by atomic mass is 9.73. The number of hydrogen-bond donors (Lipinski definition) is 0. The van der Waals surface area contributed by atoms with Gasteiger partial charge in [0.25, 0.3) is 0 Å². The molecule has 238 valence electrons. The summed E-state index contributed by atoms with van der Waals surface area (Å²) in [7, 11) is 0. The minimum atomic E-state index is -0.278. The van der Waals surface area contributed by atoms with Crippen LogP contribution in [-0.4, -0.2) is 15.0 Å². The predicted molar refractivity (Wildman–Crippen MR) is 207 cm³/mol. The van der Waals surface area contributed by atoms with Crippen molar-refractivity contribution in [2.24, 2.45) is 0 Å². The van der Waals surface area contributed by atoms with E-state index in [4.69, 9.17) is 0 Å². The van der Waals surface area contributed by atoms with Gasteiger partial charge in [-0.05, 0) is 85.9 Å². The molecule has 0 atom stereocenters. The predicted octanol–water partition coefficient (Wildman–Crippen LogP) is 11.2. The van der Waals surface area contributed by atoms with Crippen LogP contribution in [0.3, 0.4) is 0 Å². The van der Waals surface area contributed by atoms with Crippen molar-refractivity contribution in [1.82, 2.24) is 15.0 Å². The Hall–Kier alpha value is -6.67. The molecule has 0 saturated carbocycles. The topological polar surface area (TPSA) is 89.5 Å². The highest BCUT2D eigenvalue weighted by molar-refractivity contribution is 7.26. The quantitative estimate of drug-likeness (QED) is 0.170. The Morgan fingerprint density at radius 1 is 0.529 bits per heavy atom. The van der Waals surface area contributed by atoms with Crippen LogP contribution in [0.2, 0.25) is 0 Å². The molecule has 51 heavy (non-hydrogen) atoms. The van der Waals surface area contributed by atoms with Gasteiger partial charge in [0.05, 0.1) is 11.4 Å². The molecule has 7 heteroatoms. The Kier molecular flexibility index (Phi) is 6.12. The van der Waals surface area contributed by atoms with E-state index in [2.05, 4.69) is 137 Å². The largest absolute Gasteiger partial charge is 0.310 e. The summed E-state index contributed by atoms with van der Waals surface area (Å²) >= 11 is 1.84. The van der Waals surface area contributed by atoms with Crippen molar-refractivity contribution in [3.63, 3.8) is 0 Å². The number of benzene rings is 7. The molecule has 0 saturated heterocycles. The maximum absolute atomic E-state index is 9.52. The zero-order valence-electron chi connectivity index (χ0n) is 27.6. The lowest BCUT2D eigenvalue weighted by molar-refractivity contribution is 0.633. The van der Waals surface area contributed by atoms with Gasteiger partial charge in [-0.1, -0.05) is 92.7 Å². The summed E-state index contributed by atoms with van der Waals surface area (Å²) < 4.78 is 2.49. The first-order chi connectivity index (χ1) is 24.9. The summed E-state index contributed by atoms with van der Waals surface area (Å²) in [5.41, 5.74) is 6.02. The van der Waals surface area contributed by atoms with E-state index in [9.17, 15) is 10.5 Å². The highest BCUT2D eigenvalue weighted by Crippen LogP contribution is 2.54. The van der Waals surface area contributed by atoms with Crippen molar-refractivity contribution in [3.8, 4) is 23.5 Å². The Morgan fingerprint density at radius 2 is 1.12 bits per heavy atom. The lowest BCUT2D eigenvalue weighted by Gasteiger charge is -2.42. The number of aromatic nitrogens is 3. The summed E-state index contributed by atoms with van der Waals surface area (Å²) in [6, 6.07) is 47.5. The Bertz CT molecular complexity index is 3020. The van der Waals surface area contributed by atoms with Gasteiger partial charge >= 0.3 is 0 Å². The van der Waals surface area contributed by atoms with Crippen LogP contribution in [0.5, 0.6) is 0 Å². The summed E-state index contributed by atoms with van der Waals surface area (Å²) in [6.07, 6.45) is 0. The average molecular weight is 671 g/mol. The summed E-state index contributed by atoms with van der Waals surface area (Å²) in [5, 5.41) is 29.2. The number of para-hydroxylation sites is 1. The Labute approximate surface area is 297 Å². The second kappa shape index (κ2) is 10.7. The third kappa shape index (κ3) is 4.23. The third-order valence-electron chi connectivity index (χ3n) is 10.4. The second-order valence-electron chi connectivity index (χ2n) is 13.5. The average Bonchev–Trinajstić information content (AvgIpc) is 3.53. The van der Waals surface area contributed by atoms with Gasteiger partial charge in [-0.25, -0.2) is 0 Å². The third-order valence-corrected chi connectivity index (χ3v) is 11.5. The highest BCUT2D eigenvalue weighted by atomic mass is 32.1. The smallest absolute Gasteiger partial charge is 0.236 e. The standard InChI is InChI=1S/C44H26N6S/c1-44(2)35-16-7-8-17-37(35)50(26-11-9-10-25(18-26)43-48-41(23-45)47-42(24-46)49-43)38-22-40-34(20-36(38)44)33-19-31-29-14-5-3-12-27(29)28-13-4-6-15-30(28)32(31)21-39(33)51-40/h3-22H,1-2H3. The second-order valence-corrected chi connectivity index (χ2v) is 14.6. The number of thiophene rings is 1. The van der Waals surface area contributed by atoms with Gasteiger partial charge in [-0.15, -0.1) is 11.3 Å². The van der Waals surface area contributed by atoms with E-state index < -0.39 is 0 Å².